The van der Waals surface area contributed by atoms with E-state index in [1.807, 2.05) is 45.0 Å². The van der Waals surface area contributed by atoms with E-state index in [2.05, 4.69) is 46.3 Å². The van der Waals surface area contributed by atoms with E-state index in [0.717, 1.165) is 46.0 Å². The summed E-state index contributed by atoms with van der Waals surface area (Å²) in [6.45, 7) is 8.98. The molecule has 48 heavy (non-hydrogen) atoms. The van der Waals surface area contributed by atoms with Crippen LogP contribution in [0, 0.1) is 33.1 Å². The predicted molar refractivity (Wildman–Crippen MR) is 180 cm³/mol. The minimum Gasteiger partial charge on any atom is -0.387 e. The molecule has 5 heterocycles. The van der Waals surface area contributed by atoms with Gasteiger partial charge in [0.25, 0.3) is 0 Å². The van der Waals surface area contributed by atoms with Gasteiger partial charge < -0.3 is 19.8 Å². The molecule has 1 unspecified atom stereocenters. The number of benzene rings is 1. The lowest BCUT2D eigenvalue weighted by molar-refractivity contribution is -0.142. The molecular formula is C34H36BrN9O4. The first-order valence-corrected chi connectivity index (χ1v) is 16.7. The molecule has 2 aliphatic rings. The minimum absolute atomic E-state index is 0.110. The van der Waals surface area contributed by atoms with Gasteiger partial charge in [-0.15, -0.1) is 0 Å². The largest absolute Gasteiger partial charge is 0.387 e. The van der Waals surface area contributed by atoms with Gasteiger partial charge in [0.05, 0.1) is 17.3 Å². The Morgan fingerprint density at radius 2 is 1.85 bits per heavy atom. The van der Waals surface area contributed by atoms with E-state index >= 15 is 0 Å². The minimum atomic E-state index is -0.879. The number of likely N-dealkylation sites (tertiary alicyclic amines) is 1. The van der Waals surface area contributed by atoms with E-state index in [4.69, 9.17) is 9.62 Å². The number of anilines is 1. The Kier molecular flexibility index (Phi) is 8.10. The molecule has 1 saturated carbocycles. The lowest BCUT2D eigenvalue weighted by atomic mass is 9.62. The smallest absolute Gasteiger partial charge is 0.248 e. The van der Waals surface area contributed by atoms with Crippen LogP contribution in [0.15, 0.2) is 45.8 Å². The van der Waals surface area contributed by atoms with Gasteiger partial charge >= 0.3 is 0 Å². The summed E-state index contributed by atoms with van der Waals surface area (Å²) in [5.41, 5.74) is 4.24. The quantitative estimate of drug-likeness (QED) is 0.210. The Labute approximate surface area is 285 Å². The van der Waals surface area contributed by atoms with Crippen LogP contribution in [0.2, 0.25) is 0 Å². The SMILES string of the molecule is Cc1ncc(-c2cc(C)c3c(c2)c(C(C)O)nn3CC(=O)N2[C@H](C(=O)Nc3nc(Br)ccc3C)C[C@@]3(Cc4nc(C)no4)CC[C@@H]23)cn1. The van der Waals surface area contributed by atoms with Crippen LogP contribution in [-0.4, -0.2) is 68.8 Å². The molecule has 0 radical (unpaired) electrons. The summed E-state index contributed by atoms with van der Waals surface area (Å²) < 4.78 is 7.74. The molecule has 1 aromatic carbocycles. The Morgan fingerprint density at radius 3 is 2.52 bits per heavy atom. The van der Waals surface area contributed by atoms with Crippen molar-refractivity contribution in [2.75, 3.05) is 5.32 Å². The molecule has 13 nitrogen and oxygen atoms in total. The van der Waals surface area contributed by atoms with Crippen LogP contribution >= 0.6 is 15.9 Å². The van der Waals surface area contributed by atoms with E-state index in [0.29, 0.717) is 46.5 Å². The van der Waals surface area contributed by atoms with Crippen LogP contribution in [0.3, 0.4) is 0 Å². The van der Waals surface area contributed by atoms with Gasteiger partial charge in [-0.05, 0) is 105 Å². The summed E-state index contributed by atoms with van der Waals surface area (Å²) in [4.78, 5) is 47.8. The van der Waals surface area contributed by atoms with Gasteiger partial charge in [0.2, 0.25) is 17.7 Å². The summed E-state index contributed by atoms with van der Waals surface area (Å²) in [6, 6.07) is 6.70. The zero-order valence-electron chi connectivity index (χ0n) is 27.4. The molecule has 0 bridgehead atoms. The highest BCUT2D eigenvalue weighted by molar-refractivity contribution is 9.10. The van der Waals surface area contributed by atoms with Crippen molar-refractivity contribution in [1.82, 2.24) is 39.8 Å². The van der Waals surface area contributed by atoms with Crippen molar-refractivity contribution in [2.24, 2.45) is 5.41 Å². The molecule has 1 aliphatic carbocycles. The molecule has 0 spiro atoms. The van der Waals surface area contributed by atoms with E-state index in [1.165, 1.54) is 0 Å². The number of aliphatic hydroxyl groups is 1. The van der Waals surface area contributed by atoms with E-state index in [-0.39, 0.29) is 29.8 Å². The summed E-state index contributed by atoms with van der Waals surface area (Å²) in [5, 5.41) is 23.2. The second-order valence-corrected chi connectivity index (χ2v) is 13.9. The highest BCUT2D eigenvalue weighted by atomic mass is 79.9. The molecule has 4 aromatic heterocycles. The standard InChI is InChI=1S/C34H36BrN9O4/c1-17-6-7-27(35)39-32(17)40-33(47)25-12-34(13-28-38-21(5)42-48-28)9-8-26(34)44(25)29(46)16-43-31-18(2)10-22(23-14-36-20(4)37-15-23)11-24(31)30(41-43)19(3)45/h6-7,10-11,14-15,19,25-26,45H,8-9,12-13,16H2,1-5H3,(H,39,40,47)/t19?,25-,26+,34+/m0/s1. The Balaban J connectivity index is 1.24. The number of rotatable bonds is 8. The van der Waals surface area contributed by atoms with Crippen molar-refractivity contribution < 1.29 is 19.2 Å². The lowest BCUT2D eigenvalue weighted by Gasteiger charge is -2.46. The maximum absolute atomic E-state index is 14.5. The fraction of sp³-hybridized carbons (Fsp3) is 0.412. The van der Waals surface area contributed by atoms with Gasteiger partial charge in [0.15, 0.2) is 5.82 Å². The third-order valence-corrected chi connectivity index (χ3v) is 10.2. The molecule has 2 N–H and O–H groups in total. The molecule has 1 aliphatic heterocycles. The molecule has 14 heteroatoms. The zero-order valence-corrected chi connectivity index (χ0v) is 28.9. The fourth-order valence-corrected chi connectivity index (χ4v) is 7.65. The molecule has 4 atom stereocenters. The Bertz CT molecular complexity index is 2060. The monoisotopic (exact) mass is 713 g/mol. The first-order valence-electron chi connectivity index (χ1n) is 15.9. The maximum atomic E-state index is 14.5. The zero-order chi connectivity index (χ0) is 33.9. The summed E-state index contributed by atoms with van der Waals surface area (Å²) in [6.07, 6.45) is 5.15. The third-order valence-electron chi connectivity index (χ3n) is 9.72. The van der Waals surface area contributed by atoms with Gasteiger partial charge in [-0.1, -0.05) is 11.2 Å². The number of amides is 2. The van der Waals surface area contributed by atoms with Crippen molar-refractivity contribution in [2.45, 2.75) is 85.0 Å². The van der Waals surface area contributed by atoms with Crippen LogP contribution in [0.25, 0.3) is 22.0 Å². The third kappa shape index (κ3) is 5.66. The number of halogens is 1. The number of fused-ring (bicyclic) bond motifs is 2. The van der Waals surface area contributed by atoms with Gasteiger partial charge in [-0.3, -0.25) is 14.3 Å². The normalized spacial score (nSPS) is 20.9. The Morgan fingerprint density at radius 1 is 1.08 bits per heavy atom. The average Bonchev–Trinajstić information content (AvgIpc) is 3.68. The fourth-order valence-electron chi connectivity index (χ4n) is 7.34. The summed E-state index contributed by atoms with van der Waals surface area (Å²) in [7, 11) is 0. The lowest BCUT2D eigenvalue weighted by Crippen LogP contribution is -2.54. The molecule has 5 aromatic rings. The maximum Gasteiger partial charge on any atom is 0.248 e. The Hall–Kier alpha value is -4.56. The average molecular weight is 715 g/mol. The van der Waals surface area contributed by atoms with Crippen molar-refractivity contribution in [1.29, 1.82) is 0 Å². The summed E-state index contributed by atoms with van der Waals surface area (Å²) in [5.74, 6) is 1.62. The van der Waals surface area contributed by atoms with E-state index in [9.17, 15) is 14.7 Å². The number of aliphatic hydroxyl groups excluding tert-OH is 1. The number of hydrogen-bond donors (Lipinski definition) is 2. The van der Waals surface area contributed by atoms with Crippen molar-refractivity contribution in [3.8, 4) is 11.1 Å². The number of aromatic nitrogens is 7. The molecule has 2 amide bonds. The second kappa shape index (κ2) is 12.2. The molecule has 7 rings (SSSR count). The van der Waals surface area contributed by atoms with Gasteiger partial charge in [-0.25, -0.2) is 15.0 Å². The predicted octanol–water partition coefficient (Wildman–Crippen LogP) is 4.95. The highest BCUT2D eigenvalue weighted by Gasteiger charge is 2.61. The van der Waals surface area contributed by atoms with Crippen LogP contribution < -0.4 is 5.32 Å². The van der Waals surface area contributed by atoms with Crippen molar-refractivity contribution in [3.05, 3.63) is 75.6 Å². The molecule has 1 saturated heterocycles. The van der Waals surface area contributed by atoms with E-state index < -0.39 is 12.1 Å². The number of nitrogens with one attached hydrogen (secondary N) is 1. The second-order valence-electron chi connectivity index (χ2n) is 13.1. The number of carbonyl (C=O) groups excluding carboxylic acids is 2. The van der Waals surface area contributed by atoms with Crippen molar-refractivity contribution >= 4 is 44.5 Å². The van der Waals surface area contributed by atoms with Gasteiger partial charge in [0, 0.05) is 41.2 Å². The number of aryl methyl sites for hydroxylation is 4. The number of hydrogen-bond acceptors (Lipinski definition) is 10. The van der Waals surface area contributed by atoms with Gasteiger partial charge in [0.1, 0.15) is 28.8 Å². The van der Waals surface area contributed by atoms with Crippen molar-refractivity contribution in [3.63, 3.8) is 0 Å². The number of pyridine rings is 1. The summed E-state index contributed by atoms with van der Waals surface area (Å²) >= 11 is 3.39. The first kappa shape index (κ1) is 32.0. The van der Waals surface area contributed by atoms with Crippen LogP contribution in [0.1, 0.15) is 66.7 Å². The first-order chi connectivity index (χ1) is 22.9. The van der Waals surface area contributed by atoms with Gasteiger partial charge in [-0.2, -0.15) is 10.1 Å². The van der Waals surface area contributed by atoms with Crippen LogP contribution in [0.4, 0.5) is 5.82 Å². The molecule has 248 valence electrons. The molecule has 2 fully saturated rings. The highest BCUT2D eigenvalue weighted by Crippen LogP contribution is 2.56. The number of carbonyl (C=O) groups is 2. The number of nitrogens with zero attached hydrogens (tertiary/aromatic N) is 8. The van der Waals surface area contributed by atoms with Crippen LogP contribution in [0.5, 0.6) is 0 Å². The van der Waals surface area contributed by atoms with Crippen LogP contribution in [-0.2, 0) is 22.6 Å². The van der Waals surface area contributed by atoms with E-state index in [1.54, 1.807) is 35.8 Å². The topological polar surface area (TPSA) is 165 Å². The molecular weight excluding hydrogens is 678 g/mol.